The van der Waals surface area contributed by atoms with Crippen LogP contribution in [0.3, 0.4) is 0 Å². The van der Waals surface area contributed by atoms with E-state index in [9.17, 15) is 10.00 Å². The molecule has 3 atom stereocenters. The topological polar surface area (TPSA) is 66.5 Å². The van der Waals surface area contributed by atoms with Gasteiger partial charge in [-0.1, -0.05) is 67.0 Å². The van der Waals surface area contributed by atoms with Crippen molar-refractivity contribution in [2.75, 3.05) is 0 Å². The summed E-state index contributed by atoms with van der Waals surface area (Å²) in [6.45, 7) is 0. The van der Waals surface area contributed by atoms with Crippen LogP contribution < -0.4 is 5.73 Å². The summed E-state index contributed by atoms with van der Waals surface area (Å²) >= 11 is 0. The summed E-state index contributed by atoms with van der Waals surface area (Å²) in [4.78, 5) is 10.6. The monoisotopic (exact) mass is 275 g/mol. The fourth-order valence-electron chi connectivity index (χ4n) is 1.94. The Labute approximate surface area is 113 Å². The van der Waals surface area contributed by atoms with E-state index in [2.05, 4.69) is 6.30 Å². The molecule has 0 amide bonds. The van der Waals surface area contributed by atoms with E-state index in [1.54, 1.807) is 12.1 Å². The first kappa shape index (κ1) is 14.0. The first-order valence-corrected chi connectivity index (χ1v) is 8.09. The third-order valence-electron chi connectivity index (χ3n) is 3.14. The maximum atomic E-state index is 10.6. The lowest BCUT2D eigenvalue weighted by atomic mass is 10.2. The predicted octanol–water partition coefficient (Wildman–Crippen LogP) is 2.69. The minimum atomic E-state index is -2.99. The van der Waals surface area contributed by atoms with Gasteiger partial charge in [0.25, 0.3) is 0 Å². The van der Waals surface area contributed by atoms with Crippen LogP contribution in [-0.2, 0) is 0 Å². The molecule has 0 fully saturated rings. The average molecular weight is 275 g/mol. The minimum Gasteiger partial charge on any atom is -0.382 e. The number of nitrogens with two attached hydrogens (primary N) is 1. The van der Waals surface area contributed by atoms with Crippen LogP contribution in [0.4, 0.5) is 0 Å². The lowest BCUT2D eigenvalue weighted by Crippen LogP contribution is -2.15. The number of hydrogen-bond acceptors (Lipinski definition) is 3. The summed E-state index contributed by atoms with van der Waals surface area (Å²) in [5, 5.41) is 10.3. The minimum absolute atomic E-state index is 0.639. The summed E-state index contributed by atoms with van der Waals surface area (Å²) in [6.07, 6.45) is 3.81. The Morgan fingerprint density at radius 2 is 1.32 bits per heavy atom. The van der Waals surface area contributed by atoms with Crippen LogP contribution in [0.15, 0.2) is 60.7 Å². The molecule has 3 nitrogen and oxygen atoms in total. The van der Waals surface area contributed by atoms with Gasteiger partial charge in [-0.3, -0.25) is 0 Å². The van der Waals surface area contributed by atoms with Crippen LogP contribution in [0.5, 0.6) is 0 Å². The van der Waals surface area contributed by atoms with Crippen LogP contribution >= 0.6 is 7.11 Å². The van der Waals surface area contributed by atoms with Crippen molar-refractivity contribution in [2.24, 2.45) is 5.73 Å². The quantitative estimate of drug-likeness (QED) is 0.752. The van der Waals surface area contributed by atoms with E-state index in [0.29, 0.717) is 5.56 Å². The highest BCUT2D eigenvalue weighted by Crippen LogP contribution is 2.61. The SMILES string of the molecule is C=P(O)(C(N)c1ccccc1)C(O)c1ccccc1. The van der Waals surface area contributed by atoms with Crippen molar-refractivity contribution in [1.82, 2.24) is 0 Å². The zero-order valence-electron chi connectivity index (χ0n) is 10.6. The van der Waals surface area contributed by atoms with Gasteiger partial charge in [-0.2, -0.15) is 0 Å². The first-order valence-electron chi connectivity index (χ1n) is 6.02. The Morgan fingerprint density at radius 3 is 1.79 bits per heavy atom. The van der Waals surface area contributed by atoms with Crippen LogP contribution in [-0.4, -0.2) is 16.3 Å². The van der Waals surface area contributed by atoms with Gasteiger partial charge in [0.2, 0.25) is 0 Å². The van der Waals surface area contributed by atoms with E-state index in [1.807, 2.05) is 48.5 Å². The van der Waals surface area contributed by atoms with Crippen molar-refractivity contribution in [2.45, 2.75) is 11.6 Å². The van der Waals surface area contributed by atoms with E-state index in [-0.39, 0.29) is 0 Å². The van der Waals surface area contributed by atoms with Gasteiger partial charge in [0.1, 0.15) is 5.85 Å². The number of rotatable bonds is 4. The fraction of sp³-hybridized carbons (Fsp3) is 0.133. The van der Waals surface area contributed by atoms with Crippen molar-refractivity contribution in [3.05, 3.63) is 71.8 Å². The second-order valence-electron chi connectivity index (χ2n) is 4.53. The zero-order valence-corrected chi connectivity index (χ0v) is 11.4. The zero-order chi connectivity index (χ0) is 13.9. The van der Waals surface area contributed by atoms with E-state index in [1.165, 1.54) is 0 Å². The van der Waals surface area contributed by atoms with Gasteiger partial charge in [-0.05, 0) is 11.1 Å². The Balaban J connectivity index is 2.30. The molecule has 0 aliphatic rings. The highest BCUT2D eigenvalue weighted by Gasteiger charge is 2.30. The van der Waals surface area contributed by atoms with Gasteiger partial charge in [-0.25, -0.2) is 0 Å². The molecule has 0 saturated carbocycles. The van der Waals surface area contributed by atoms with Crippen molar-refractivity contribution < 1.29 is 10.00 Å². The molecule has 0 aromatic heterocycles. The lowest BCUT2D eigenvalue weighted by Gasteiger charge is -2.30. The molecule has 3 unspecified atom stereocenters. The van der Waals surface area contributed by atoms with Crippen LogP contribution in [0, 0.1) is 0 Å². The molecule has 19 heavy (non-hydrogen) atoms. The molecule has 2 rings (SSSR count). The number of hydrogen-bond donors (Lipinski definition) is 3. The smallest absolute Gasteiger partial charge is 0.122 e. The molecule has 2 aromatic rings. The third kappa shape index (κ3) is 2.96. The van der Waals surface area contributed by atoms with E-state index in [4.69, 9.17) is 5.73 Å². The van der Waals surface area contributed by atoms with Crippen LogP contribution in [0.2, 0.25) is 0 Å². The summed E-state index contributed by atoms with van der Waals surface area (Å²) in [5.74, 6) is -1.70. The largest absolute Gasteiger partial charge is 0.382 e. The molecular weight excluding hydrogens is 257 g/mol. The molecular formula is C15H18NO2P. The van der Waals surface area contributed by atoms with Crippen LogP contribution in [0.25, 0.3) is 0 Å². The fourth-order valence-corrected chi connectivity index (χ4v) is 3.62. The molecule has 4 N–H and O–H groups in total. The number of aliphatic hydroxyl groups excluding tert-OH is 1. The maximum absolute atomic E-state index is 10.6. The van der Waals surface area contributed by atoms with Crippen molar-refractivity contribution in [3.8, 4) is 0 Å². The molecule has 0 bridgehead atoms. The van der Waals surface area contributed by atoms with E-state index < -0.39 is 18.7 Å². The molecule has 0 saturated heterocycles. The van der Waals surface area contributed by atoms with Gasteiger partial charge >= 0.3 is 0 Å². The molecule has 0 aliphatic heterocycles. The first-order chi connectivity index (χ1) is 9.03. The van der Waals surface area contributed by atoms with Crippen molar-refractivity contribution >= 4 is 13.4 Å². The van der Waals surface area contributed by atoms with Crippen LogP contribution in [0.1, 0.15) is 22.8 Å². The molecule has 0 radical (unpaired) electrons. The van der Waals surface area contributed by atoms with Crippen molar-refractivity contribution in [3.63, 3.8) is 0 Å². The van der Waals surface area contributed by atoms with Gasteiger partial charge < -0.3 is 15.7 Å². The summed E-state index contributed by atoms with van der Waals surface area (Å²) in [6, 6.07) is 18.2. The van der Waals surface area contributed by atoms with Crippen molar-refractivity contribution in [1.29, 1.82) is 0 Å². The average Bonchev–Trinajstić information content (AvgIpc) is 2.47. The second-order valence-corrected chi connectivity index (χ2v) is 7.35. The van der Waals surface area contributed by atoms with Gasteiger partial charge in [0.15, 0.2) is 0 Å². The number of aliphatic hydroxyl groups is 1. The highest BCUT2D eigenvalue weighted by molar-refractivity contribution is 7.68. The lowest BCUT2D eigenvalue weighted by molar-refractivity contribution is 0.248. The Bertz CT molecular complexity index is 522. The summed E-state index contributed by atoms with van der Waals surface area (Å²) < 4.78 is 0. The normalized spacial score (nSPS) is 17.4. The second kappa shape index (κ2) is 5.72. The Kier molecular flexibility index (Phi) is 4.23. The Morgan fingerprint density at radius 1 is 0.895 bits per heavy atom. The molecule has 0 aliphatic carbocycles. The highest BCUT2D eigenvalue weighted by atomic mass is 31.2. The van der Waals surface area contributed by atoms with Gasteiger partial charge in [0.05, 0.1) is 5.78 Å². The molecule has 100 valence electrons. The van der Waals surface area contributed by atoms with Gasteiger partial charge in [-0.15, -0.1) is 0 Å². The maximum Gasteiger partial charge on any atom is 0.122 e. The molecule has 2 aromatic carbocycles. The Hall–Kier alpha value is -1.38. The van der Waals surface area contributed by atoms with Gasteiger partial charge in [0, 0.05) is 7.11 Å². The molecule has 0 spiro atoms. The van der Waals surface area contributed by atoms with E-state index in [0.717, 1.165) is 5.56 Å². The third-order valence-corrected chi connectivity index (χ3v) is 5.55. The summed E-state index contributed by atoms with van der Waals surface area (Å²) in [5.41, 5.74) is 7.51. The molecule has 0 heterocycles. The predicted molar refractivity (Wildman–Crippen MR) is 81.0 cm³/mol. The summed E-state index contributed by atoms with van der Waals surface area (Å²) in [7, 11) is -2.99. The van der Waals surface area contributed by atoms with E-state index >= 15 is 0 Å². The standard InChI is InChI=1S/C15H18NO2P/c1-19(18,14(16)12-8-4-2-5-9-12)15(17)13-10-6-3-7-11-13/h2-11,14-15,17-18H,1,16H2. The number of benzene rings is 2. The molecule has 4 heteroatoms.